The van der Waals surface area contributed by atoms with E-state index in [-0.39, 0.29) is 12.0 Å². The van der Waals surface area contributed by atoms with E-state index in [1.165, 1.54) is 0 Å². The average Bonchev–Trinajstić information content (AvgIpc) is 3.13. The normalized spacial score (nSPS) is 18.0. The summed E-state index contributed by atoms with van der Waals surface area (Å²) >= 11 is 0. The third-order valence-electron chi connectivity index (χ3n) is 3.54. The van der Waals surface area contributed by atoms with Gasteiger partial charge in [0.15, 0.2) is 0 Å². The molecule has 1 atom stereocenters. The number of aryl methyl sites for hydroxylation is 1. The van der Waals surface area contributed by atoms with Gasteiger partial charge in [0.05, 0.1) is 12.2 Å². The van der Waals surface area contributed by atoms with Crippen LogP contribution in [0.4, 0.5) is 0 Å². The molecular weight excluding hydrogens is 268 g/mol. The molecule has 3 rings (SSSR count). The molecule has 0 bridgehead atoms. The monoisotopic (exact) mass is 286 g/mol. The van der Waals surface area contributed by atoms with Gasteiger partial charge in [-0.1, -0.05) is 0 Å². The molecule has 1 aliphatic heterocycles. The molecule has 21 heavy (non-hydrogen) atoms. The number of likely N-dealkylation sites (tertiary alicyclic amines) is 1. The Kier molecular flexibility index (Phi) is 3.85. The number of carbonyl (C=O) groups excluding carboxylic acids is 1. The average molecular weight is 286 g/mol. The number of carbonyl (C=O) groups is 1. The van der Waals surface area contributed by atoms with E-state index in [9.17, 15) is 4.79 Å². The van der Waals surface area contributed by atoms with Gasteiger partial charge in [0.2, 0.25) is 11.8 Å². The second-order valence-corrected chi connectivity index (χ2v) is 5.24. The Morgan fingerprint density at radius 3 is 2.86 bits per heavy atom. The Bertz CT molecular complexity index is 595. The lowest BCUT2D eigenvalue weighted by Gasteiger charge is -2.17. The highest BCUT2D eigenvalue weighted by atomic mass is 16.5. The number of hydrogen-bond acceptors (Lipinski definition) is 4. The Hall–Kier alpha value is -2.37. The minimum Gasteiger partial charge on any atom is -0.471 e. The minimum absolute atomic E-state index is 0.00406. The molecule has 1 saturated heterocycles. The van der Waals surface area contributed by atoms with Gasteiger partial charge in [0.25, 0.3) is 0 Å². The van der Waals surface area contributed by atoms with Crippen LogP contribution < -0.4 is 4.74 Å². The molecule has 1 fully saturated rings. The minimum atomic E-state index is -0.00406. The maximum Gasteiger partial charge on any atom is 0.242 e. The Morgan fingerprint density at radius 2 is 2.14 bits per heavy atom. The molecule has 0 radical (unpaired) electrons. The fourth-order valence-electron chi connectivity index (χ4n) is 2.40. The molecule has 2 aromatic rings. The van der Waals surface area contributed by atoms with Gasteiger partial charge in [-0.2, -0.15) is 5.10 Å². The third kappa shape index (κ3) is 3.39. The van der Waals surface area contributed by atoms with Crippen LogP contribution in [0.1, 0.15) is 12.1 Å². The molecule has 6 nitrogen and oxygen atoms in total. The van der Waals surface area contributed by atoms with Crippen molar-refractivity contribution in [1.82, 2.24) is 19.7 Å². The van der Waals surface area contributed by atoms with Crippen LogP contribution in [0.5, 0.6) is 5.88 Å². The van der Waals surface area contributed by atoms with Crippen LogP contribution in [-0.4, -0.2) is 44.8 Å². The first-order valence-corrected chi connectivity index (χ1v) is 7.06. The van der Waals surface area contributed by atoms with Crippen LogP contribution in [0, 0.1) is 6.92 Å². The summed E-state index contributed by atoms with van der Waals surface area (Å²) in [6.45, 7) is 3.60. The molecule has 1 aliphatic rings. The van der Waals surface area contributed by atoms with E-state index in [1.807, 2.05) is 53.0 Å². The molecule has 0 aliphatic carbocycles. The van der Waals surface area contributed by atoms with Gasteiger partial charge in [-0.25, -0.2) is 0 Å². The number of hydrogen-bond donors (Lipinski definition) is 0. The molecule has 6 heteroatoms. The molecule has 110 valence electrons. The summed E-state index contributed by atoms with van der Waals surface area (Å²) in [7, 11) is 0. The molecule has 2 aromatic heterocycles. The van der Waals surface area contributed by atoms with Crippen molar-refractivity contribution in [2.45, 2.75) is 26.0 Å². The zero-order chi connectivity index (χ0) is 14.7. The van der Waals surface area contributed by atoms with Crippen molar-refractivity contribution in [1.29, 1.82) is 0 Å². The van der Waals surface area contributed by atoms with Gasteiger partial charge in [-0.05, 0) is 25.1 Å². The van der Waals surface area contributed by atoms with Crippen LogP contribution in [0.3, 0.4) is 0 Å². The van der Waals surface area contributed by atoms with Crippen LogP contribution >= 0.6 is 0 Å². The molecule has 0 spiro atoms. The maximum absolute atomic E-state index is 12.2. The highest BCUT2D eigenvalue weighted by molar-refractivity contribution is 5.76. The SMILES string of the molecule is Cc1ccc(O[C@H]2CCN(C(=O)Cn3cccc3)C2)nn1. The molecular formula is C15H18N4O2. The molecule has 1 amide bonds. The number of nitrogens with zero attached hydrogens (tertiary/aromatic N) is 4. The summed E-state index contributed by atoms with van der Waals surface area (Å²) < 4.78 is 7.65. The first kappa shape index (κ1) is 13.6. The lowest BCUT2D eigenvalue weighted by Crippen LogP contribution is -2.33. The van der Waals surface area contributed by atoms with Gasteiger partial charge in [-0.15, -0.1) is 5.10 Å². The zero-order valence-electron chi connectivity index (χ0n) is 12.0. The van der Waals surface area contributed by atoms with E-state index >= 15 is 0 Å². The molecule has 0 N–H and O–H groups in total. The van der Waals surface area contributed by atoms with Crippen molar-refractivity contribution in [2.24, 2.45) is 0 Å². The lowest BCUT2D eigenvalue weighted by atomic mass is 10.3. The number of aromatic nitrogens is 3. The fourth-order valence-corrected chi connectivity index (χ4v) is 2.40. The third-order valence-corrected chi connectivity index (χ3v) is 3.54. The quantitative estimate of drug-likeness (QED) is 0.849. The van der Waals surface area contributed by atoms with Crippen LogP contribution in [-0.2, 0) is 11.3 Å². The van der Waals surface area contributed by atoms with Crippen LogP contribution in [0.2, 0.25) is 0 Å². The smallest absolute Gasteiger partial charge is 0.242 e. The highest BCUT2D eigenvalue weighted by Gasteiger charge is 2.27. The van der Waals surface area contributed by atoms with Gasteiger partial charge < -0.3 is 14.2 Å². The van der Waals surface area contributed by atoms with E-state index in [0.29, 0.717) is 19.0 Å². The van der Waals surface area contributed by atoms with Crippen molar-refractivity contribution >= 4 is 5.91 Å². The lowest BCUT2D eigenvalue weighted by molar-refractivity contribution is -0.131. The topological polar surface area (TPSA) is 60.2 Å². The molecule has 3 heterocycles. The van der Waals surface area contributed by atoms with Crippen LogP contribution in [0.25, 0.3) is 0 Å². The van der Waals surface area contributed by atoms with Gasteiger partial charge in [0.1, 0.15) is 12.6 Å². The predicted molar refractivity (Wildman–Crippen MR) is 76.8 cm³/mol. The van der Waals surface area contributed by atoms with Crippen molar-refractivity contribution in [2.75, 3.05) is 13.1 Å². The number of amides is 1. The van der Waals surface area contributed by atoms with E-state index in [2.05, 4.69) is 10.2 Å². The predicted octanol–water partition coefficient (Wildman–Crippen LogP) is 1.27. The van der Waals surface area contributed by atoms with E-state index in [4.69, 9.17) is 4.74 Å². The second kappa shape index (κ2) is 5.95. The first-order chi connectivity index (χ1) is 10.2. The molecule has 0 unspecified atom stereocenters. The largest absolute Gasteiger partial charge is 0.471 e. The Balaban J connectivity index is 1.53. The fraction of sp³-hybridized carbons (Fsp3) is 0.400. The summed E-state index contributed by atoms with van der Waals surface area (Å²) in [6.07, 6.45) is 4.61. The highest BCUT2D eigenvalue weighted by Crippen LogP contribution is 2.16. The summed E-state index contributed by atoms with van der Waals surface area (Å²) in [6, 6.07) is 7.51. The van der Waals surface area contributed by atoms with E-state index < -0.39 is 0 Å². The van der Waals surface area contributed by atoms with Crippen molar-refractivity contribution in [3.05, 3.63) is 42.4 Å². The zero-order valence-corrected chi connectivity index (χ0v) is 12.0. The summed E-state index contributed by atoms with van der Waals surface area (Å²) in [5.74, 6) is 0.637. The molecule has 0 aromatic carbocycles. The van der Waals surface area contributed by atoms with Gasteiger partial charge >= 0.3 is 0 Å². The summed E-state index contributed by atoms with van der Waals surface area (Å²) in [4.78, 5) is 14.0. The number of rotatable bonds is 4. The summed E-state index contributed by atoms with van der Waals surface area (Å²) in [5.41, 5.74) is 0.859. The standard InChI is InChI=1S/C15H18N4O2/c1-12-4-5-14(17-16-12)21-13-6-9-19(10-13)15(20)11-18-7-2-3-8-18/h2-5,7-8,13H,6,9-11H2,1H3/t13-/m0/s1. The van der Waals surface area contributed by atoms with Crippen molar-refractivity contribution < 1.29 is 9.53 Å². The van der Waals surface area contributed by atoms with E-state index in [1.54, 1.807) is 0 Å². The maximum atomic E-state index is 12.2. The summed E-state index contributed by atoms with van der Waals surface area (Å²) in [5, 5.41) is 7.96. The van der Waals surface area contributed by atoms with Gasteiger partial charge in [-0.3, -0.25) is 4.79 Å². The number of ether oxygens (including phenoxy) is 1. The van der Waals surface area contributed by atoms with Crippen LogP contribution in [0.15, 0.2) is 36.7 Å². The Labute approximate surface area is 123 Å². The van der Waals surface area contributed by atoms with Gasteiger partial charge in [0, 0.05) is 31.4 Å². The first-order valence-electron chi connectivity index (χ1n) is 7.06. The molecule has 0 saturated carbocycles. The van der Waals surface area contributed by atoms with Crippen molar-refractivity contribution in [3.63, 3.8) is 0 Å². The second-order valence-electron chi connectivity index (χ2n) is 5.24. The Morgan fingerprint density at radius 1 is 1.33 bits per heavy atom. The van der Waals surface area contributed by atoms with E-state index in [0.717, 1.165) is 18.7 Å². The van der Waals surface area contributed by atoms with Crippen molar-refractivity contribution in [3.8, 4) is 5.88 Å².